The Morgan fingerprint density at radius 2 is 1.24 bits per heavy atom. The molecule has 0 atom stereocenters. The summed E-state index contributed by atoms with van der Waals surface area (Å²) >= 11 is 7.41. The summed E-state index contributed by atoms with van der Waals surface area (Å²) in [5.41, 5.74) is 5.12. The van der Waals surface area contributed by atoms with Crippen LogP contribution in [0.25, 0.3) is 62.6 Å². The summed E-state index contributed by atoms with van der Waals surface area (Å²) in [4.78, 5) is 0. The van der Waals surface area contributed by atoms with Gasteiger partial charge in [-0.1, -0.05) is 76.6 Å². The molecule has 0 bridgehead atoms. The number of rotatable bonds is 2. The summed E-state index contributed by atoms with van der Waals surface area (Å²) in [6.45, 7) is 0. The van der Waals surface area contributed by atoms with Crippen LogP contribution in [0, 0.1) is 0 Å². The van der Waals surface area contributed by atoms with Crippen LogP contribution in [0.15, 0.2) is 108 Å². The molecule has 0 saturated heterocycles. The van der Waals surface area contributed by atoms with Crippen molar-refractivity contribution in [1.82, 2.24) is 0 Å². The molecule has 156 valence electrons. The van der Waals surface area contributed by atoms with E-state index in [0.717, 1.165) is 4.47 Å². The Balaban J connectivity index is 1.45. The van der Waals surface area contributed by atoms with Crippen molar-refractivity contribution in [2.24, 2.45) is 0 Å². The zero-order valence-electron chi connectivity index (χ0n) is 17.5. The minimum atomic E-state index is 1.12. The van der Waals surface area contributed by atoms with E-state index in [1.54, 1.807) is 0 Å². The minimum Gasteiger partial charge on any atom is -0.135 e. The molecule has 0 aliphatic rings. The molecule has 0 N–H and O–H groups in total. The van der Waals surface area contributed by atoms with Crippen molar-refractivity contribution < 1.29 is 0 Å². The fourth-order valence-electron chi connectivity index (χ4n) is 4.79. The van der Waals surface area contributed by atoms with Crippen molar-refractivity contribution in [1.29, 1.82) is 0 Å². The highest BCUT2D eigenvalue weighted by molar-refractivity contribution is 9.10. The van der Waals surface area contributed by atoms with Crippen LogP contribution < -0.4 is 0 Å². The lowest BCUT2D eigenvalue weighted by molar-refractivity contribution is 1.66. The number of halogens is 1. The minimum absolute atomic E-state index is 1.12. The molecule has 0 unspecified atom stereocenters. The fourth-order valence-corrected chi connectivity index (χ4v) is 7.39. The second kappa shape index (κ2) is 7.53. The first-order valence-electron chi connectivity index (χ1n) is 10.9. The van der Waals surface area contributed by atoms with Gasteiger partial charge in [0.2, 0.25) is 0 Å². The first-order valence-corrected chi connectivity index (χ1v) is 13.3. The van der Waals surface area contributed by atoms with Gasteiger partial charge in [0, 0.05) is 44.8 Å². The highest BCUT2D eigenvalue weighted by Gasteiger charge is 2.13. The highest BCUT2D eigenvalue weighted by atomic mass is 79.9. The van der Waals surface area contributed by atoms with E-state index in [0.29, 0.717) is 0 Å². The summed E-state index contributed by atoms with van der Waals surface area (Å²) in [6, 6.07) is 37.7. The van der Waals surface area contributed by atoms with Crippen LogP contribution >= 0.6 is 38.6 Å². The van der Waals surface area contributed by atoms with Gasteiger partial charge in [-0.25, -0.2) is 0 Å². The van der Waals surface area contributed by atoms with E-state index in [-0.39, 0.29) is 0 Å². The molecule has 7 aromatic rings. The zero-order chi connectivity index (χ0) is 21.9. The van der Waals surface area contributed by atoms with E-state index >= 15 is 0 Å². The molecule has 5 aromatic carbocycles. The van der Waals surface area contributed by atoms with E-state index in [1.165, 1.54) is 62.6 Å². The van der Waals surface area contributed by atoms with Crippen LogP contribution in [0.1, 0.15) is 0 Å². The first kappa shape index (κ1) is 19.5. The van der Waals surface area contributed by atoms with Gasteiger partial charge in [0.1, 0.15) is 0 Å². The highest BCUT2D eigenvalue weighted by Crippen LogP contribution is 2.43. The first-order chi connectivity index (χ1) is 16.2. The molecule has 0 amide bonds. The van der Waals surface area contributed by atoms with Crippen molar-refractivity contribution in [3.05, 3.63) is 108 Å². The van der Waals surface area contributed by atoms with Crippen molar-refractivity contribution >= 4 is 78.9 Å². The maximum absolute atomic E-state index is 3.67. The molecule has 0 radical (unpaired) electrons. The third-order valence-electron chi connectivity index (χ3n) is 6.35. The molecule has 0 fully saturated rings. The molecule has 7 rings (SSSR count). The van der Waals surface area contributed by atoms with E-state index < -0.39 is 0 Å². The molecule has 33 heavy (non-hydrogen) atoms. The van der Waals surface area contributed by atoms with Crippen LogP contribution in [0.5, 0.6) is 0 Å². The SMILES string of the molecule is Brc1ccc2sc3cccc(-c4ccc5sc6cc(-c7ccccc7)ccc6c5c4)c3c2c1. The summed E-state index contributed by atoms with van der Waals surface area (Å²) < 4.78 is 6.47. The average Bonchev–Trinajstić information content (AvgIpc) is 3.41. The Labute approximate surface area is 207 Å². The van der Waals surface area contributed by atoms with Gasteiger partial charge in [-0.15, -0.1) is 22.7 Å². The van der Waals surface area contributed by atoms with Gasteiger partial charge < -0.3 is 0 Å². The van der Waals surface area contributed by atoms with Gasteiger partial charge >= 0.3 is 0 Å². The van der Waals surface area contributed by atoms with E-state index in [1.807, 2.05) is 22.7 Å². The second-order valence-corrected chi connectivity index (χ2v) is 11.4. The average molecular weight is 522 g/mol. The van der Waals surface area contributed by atoms with Crippen molar-refractivity contribution in [2.45, 2.75) is 0 Å². The maximum atomic E-state index is 3.67. The van der Waals surface area contributed by atoms with Gasteiger partial charge in [0.25, 0.3) is 0 Å². The second-order valence-electron chi connectivity index (χ2n) is 8.31. The molecule has 0 aliphatic carbocycles. The van der Waals surface area contributed by atoms with Crippen LogP contribution in [0.2, 0.25) is 0 Å². The van der Waals surface area contributed by atoms with Gasteiger partial charge in [0.05, 0.1) is 0 Å². The van der Waals surface area contributed by atoms with E-state index in [2.05, 4.69) is 119 Å². The monoisotopic (exact) mass is 520 g/mol. The standard InChI is InChI=1S/C30H17BrS2/c31-21-11-14-27-25(17-21)30-22(7-4-8-28(30)32-27)20-10-13-26-24(15-20)23-12-9-19(16-29(23)33-26)18-5-2-1-3-6-18/h1-17H. The lowest BCUT2D eigenvalue weighted by Crippen LogP contribution is -1.80. The Kier molecular flexibility index (Phi) is 4.44. The molecule has 0 spiro atoms. The molecule has 3 heteroatoms. The summed E-state index contributed by atoms with van der Waals surface area (Å²) in [5, 5.41) is 5.35. The van der Waals surface area contributed by atoms with E-state index in [4.69, 9.17) is 0 Å². The Hall–Kier alpha value is -2.98. The van der Waals surface area contributed by atoms with Crippen molar-refractivity contribution in [3.63, 3.8) is 0 Å². The molecule has 0 saturated carbocycles. The zero-order valence-corrected chi connectivity index (χ0v) is 20.7. The number of benzene rings is 5. The third kappa shape index (κ3) is 3.15. The van der Waals surface area contributed by atoms with Crippen LogP contribution in [0.4, 0.5) is 0 Å². The summed E-state index contributed by atoms with van der Waals surface area (Å²) in [6.07, 6.45) is 0. The summed E-state index contributed by atoms with van der Waals surface area (Å²) in [7, 11) is 0. The quantitative estimate of drug-likeness (QED) is 0.212. The molecular formula is C30H17BrS2. The van der Waals surface area contributed by atoms with Gasteiger partial charge in [-0.05, 0) is 64.7 Å². The topological polar surface area (TPSA) is 0 Å². The lowest BCUT2D eigenvalue weighted by Gasteiger charge is -2.06. The molecular weight excluding hydrogens is 504 g/mol. The smallest absolute Gasteiger partial charge is 0.0361 e. The Bertz CT molecular complexity index is 1820. The summed E-state index contributed by atoms with van der Waals surface area (Å²) in [5.74, 6) is 0. The van der Waals surface area contributed by atoms with Gasteiger partial charge in [-0.2, -0.15) is 0 Å². The fraction of sp³-hybridized carbons (Fsp3) is 0. The van der Waals surface area contributed by atoms with Crippen LogP contribution in [-0.4, -0.2) is 0 Å². The van der Waals surface area contributed by atoms with Gasteiger partial charge in [-0.3, -0.25) is 0 Å². The normalized spacial score (nSPS) is 11.8. The largest absolute Gasteiger partial charge is 0.135 e. The van der Waals surface area contributed by atoms with Crippen molar-refractivity contribution in [2.75, 3.05) is 0 Å². The van der Waals surface area contributed by atoms with Crippen molar-refractivity contribution in [3.8, 4) is 22.3 Å². The Morgan fingerprint density at radius 3 is 2.15 bits per heavy atom. The molecule has 0 aliphatic heterocycles. The molecule has 0 nitrogen and oxygen atoms in total. The van der Waals surface area contributed by atoms with Gasteiger partial charge in [0.15, 0.2) is 0 Å². The molecule has 2 heterocycles. The Morgan fingerprint density at radius 1 is 0.455 bits per heavy atom. The van der Waals surface area contributed by atoms with E-state index in [9.17, 15) is 0 Å². The predicted molar refractivity (Wildman–Crippen MR) is 151 cm³/mol. The number of hydrogen-bond acceptors (Lipinski definition) is 2. The van der Waals surface area contributed by atoms with Crippen LogP contribution in [-0.2, 0) is 0 Å². The van der Waals surface area contributed by atoms with Crippen LogP contribution in [0.3, 0.4) is 0 Å². The molecule has 2 aromatic heterocycles. The number of thiophene rings is 2. The number of fused-ring (bicyclic) bond motifs is 6. The predicted octanol–water partition coefficient (Wildman–Crippen LogP) is 10.5. The number of hydrogen-bond donors (Lipinski definition) is 0. The lowest BCUT2D eigenvalue weighted by atomic mass is 9.97. The third-order valence-corrected chi connectivity index (χ3v) is 9.11. The maximum Gasteiger partial charge on any atom is 0.0361 e.